The molecule has 0 heterocycles. The fourth-order valence-electron chi connectivity index (χ4n) is 0. The van der Waals surface area contributed by atoms with Crippen LogP contribution in [0.1, 0.15) is 0 Å². The van der Waals surface area contributed by atoms with Crippen LogP contribution < -0.4 is 64.2 Å². The first-order valence-electron chi connectivity index (χ1n) is 0.408. The number of hydrogen-bond donors (Lipinski definition) is 0. The summed E-state index contributed by atoms with van der Waals surface area (Å²) in [7, 11) is -0.500. The summed E-state index contributed by atoms with van der Waals surface area (Å²) in [5.74, 6) is -0.833. The molecule has 0 fully saturated rings. The summed E-state index contributed by atoms with van der Waals surface area (Å²) in [6, 6.07) is 0. The maximum absolute atomic E-state index is 9.00. The molecule has 6 heavy (non-hydrogen) atoms. The molecule has 0 saturated heterocycles. The van der Waals surface area contributed by atoms with E-state index in [9.17, 15) is 0 Å². The van der Waals surface area contributed by atoms with E-state index in [0.717, 1.165) is 0 Å². The Kier molecular flexibility index (Phi) is 25.4. The maximum atomic E-state index is 9.00. The third kappa shape index (κ3) is 48.3. The van der Waals surface area contributed by atoms with Gasteiger partial charge in [-0.1, -0.05) is 0 Å². The first kappa shape index (κ1) is 15.6. The molecule has 2 nitrogen and oxygen atoms in total. The van der Waals surface area contributed by atoms with E-state index in [1.165, 1.54) is 0 Å². The zero-order valence-electron chi connectivity index (χ0n) is 3.32. The predicted octanol–water partition coefficient (Wildman–Crippen LogP) is -8.30. The van der Waals surface area contributed by atoms with Gasteiger partial charge < -0.3 is 9.90 Å². The molecule has 0 saturated carbocycles. The Morgan fingerprint density at radius 3 is 1.50 bits per heavy atom. The third-order valence-corrected chi connectivity index (χ3v) is 0. The van der Waals surface area contributed by atoms with Gasteiger partial charge in [-0.25, -0.2) is 0 Å². The maximum Gasteiger partial charge on any atom is 1.00 e. The van der Waals surface area contributed by atoms with Gasteiger partial charge in [0, 0.05) is 0 Å². The second-order valence-corrected chi connectivity index (χ2v) is 0.0833. The molecular weight excluding hydrogens is 101 g/mol. The van der Waals surface area contributed by atoms with Crippen LogP contribution in [-0.4, -0.2) is 13.7 Å². The van der Waals surface area contributed by atoms with E-state index in [1.54, 1.807) is 0 Å². The van der Waals surface area contributed by atoms with Crippen molar-refractivity contribution in [1.29, 1.82) is 0 Å². The number of carbonyl (C=O) groups excluding carboxylic acids is 1. The molecule has 0 bridgehead atoms. The van der Waals surface area contributed by atoms with E-state index >= 15 is 0 Å². The summed E-state index contributed by atoms with van der Waals surface area (Å²) in [6.45, 7) is 0. The fourth-order valence-corrected chi connectivity index (χ4v) is 0. The van der Waals surface area contributed by atoms with Gasteiger partial charge >= 0.3 is 59.1 Å². The van der Waals surface area contributed by atoms with Crippen molar-refractivity contribution in [2.75, 3.05) is 0 Å². The topological polar surface area (TPSA) is 40.1 Å². The van der Waals surface area contributed by atoms with Crippen molar-refractivity contribution < 1.29 is 69.0 Å². The van der Waals surface area contributed by atoms with Crippen LogP contribution >= 0.6 is 0 Å². The molecule has 0 N–H and O–H groups in total. The molecular formula is CH3BNa2O2. The minimum Gasteiger partial charge on any atom is -0.596 e. The molecule has 0 radical (unpaired) electrons. The Balaban J connectivity index is -0.0000000450. The summed E-state index contributed by atoms with van der Waals surface area (Å²) in [5, 5.41) is 9.00. The quantitative estimate of drug-likeness (QED) is 0.286. The smallest absolute Gasteiger partial charge is 0.596 e. The standard InChI is InChI=1S/CH4BO2.2Na/c2-1(3)4;;/h2H3,(H,3,4);;/q-1;2*+1/p-1. The molecule has 0 rings (SSSR count). The molecule has 0 aliphatic heterocycles. The summed E-state index contributed by atoms with van der Waals surface area (Å²) in [4.78, 5) is 9.00. The number of rotatable bonds is 0. The molecule has 0 aliphatic carbocycles. The Bertz CT molecular complexity index is 34.5. The predicted molar refractivity (Wildman–Crippen MR) is 15.3 cm³/mol. The van der Waals surface area contributed by atoms with Crippen LogP contribution in [0.25, 0.3) is 0 Å². The zero-order valence-corrected chi connectivity index (χ0v) is 7.32. The number of carboxylic acid groups (broad SMARTS) is 1. The number of hydrogen-bond acceptors (Lipinski definition) is 2. The van der Waals surface area contributed by atoms with Crippen LogP contribution in [0.3, 0.4) is 0 Å². The largest absolute Gasteiger partial charge is 1.00 e. The molecule has 0 aromatic heterocycles. The van der Waals surface area contributed by atoms with Gasteiger partial charge in [0.25, 0.3) is 0 Å². The molecule has 0 aromatic rings. The van der Waals surface area contributed by atoms with E-state index in [0.29, 0.717) is 0 Å². The Morgan fingerprint density at radius 1 is 1.50 bits per heavy atom. The fraction of sp³-hybridized carbons (Fsp3) is 0. The van der Waals surface area contributed by atoms with Gasteiger partial charge in [0.2, 0.25) is 0 Å². The van der Waals surface area contributed by atoms with Crippen molar-refractivity contribution in [1.82, 2.24) is 0 Å². The van der Waals surface area contributed by atoms with Crippen LogP contribution in [0.2, 0.25) is 0 Å². The van der Waals surface area contributed by atoms with E-state index in [4.69, 9.17) is 9.90 Å². The van der Waals surface area contributed by atoms with E-state index in [2.05, 4.69) is 0 Å². The molecule has 24 valence electrons. The van der Waals surface area contributed by atoms with E-state index in [1.807, 2.05) is 0 Å². The number of carbonyl (C=O) groups is 1. The molecule has 0 unspecified atom stereocenters. The average molecular weight is 104 g/mol. The van der Waals surface area contributed by atoms with E-state index < -0.39 is 13.7 Å². The SMILES string of the molecule is [BH3-]C(=O)[O-].[Na+].[Na+]. The van der Waals surface area contributed by atoms with Gasteiger partial charge in [-0.05, 0) is 7.85 Å². The zero-order chi connectivity index (χ0) is 3.58. The first-order valence-corrected chi connectivity index (χ1v) is 0.408. The van der Waals surface area contributed by atoms with Gasteiger partial charge in [0.05, 0.1) is 0 Å². The van der Waals surface area contributed by atoms with Crippen LogP contribution in [-0.2, 0) is 0 Å². The van der Waals surface area contributed by atoms with Crippen LogP contribution in [0.15, 0.2) is 0 Å². The summed E-state index contributed by atoms with van der Waals surface area (Å²) < 4.78 is 0. The second kappa shape index (κ2) is 9.73. The molecule has 0 spiro atoms. The minimum atomic E-state index is -0.833. The Hall–Kier alpha value is 1.53. The molecule has 0 amide bonds. The molecule has 0 aromatic carbocycles. The Labute approximate surface area is 81.7 Å². The van der Waals surface area contributed by atoms with Gasteiger partial charge in [0.15, 0.2) is 0 Å². The first-order chi connectivity index (χ1) is 1.73. The minimum absolute atomic E-state index is 0. The van der Waals surface area contributed by atoms with Crippen LogP contribution in [0, 0.1) is 0 Å². The Morgan fingerprint density at radius 2 is 1.50 bits per heavy atom. The van der Waals surface area contributed by atoms with Crippen LogP contribution in [0.5, 0.6) is 0 Å². The van der Waals surface area contributed by atoms with Crippen molar-refractivity contribution in [3.05, 3.63) is 0 Å². The summed E-state index contributed by atoms with van der Waals surface area (Å²) in [6.07, 6.45) is 0. The van der Waals surface area contributed by atoms with Crippen molar-refractivity contribution in [3.63, 3.8) is 0 Å². The molecule has 5 heteroatoms. The van der Waals surface area contributed by atoms with Crippen molar-refractivity contribution in [2.45, 2.75) is 0 Å². The van der Waals surface area contributed by atoms with Gasteiger partial charge in [-0.2, -0.15) is 0 Å². The van der Waals surface area contributed by atoms with Crippen LogP contribution in [0.4, 0.5) is 4.79 Å². The second-order valence-electron chi connectivity index (χ2n) is 0.0833. The summed E-state index contributed by atoms with van der Waals surface area (Å²) >= 11 is 0. The average Bonchev–Trinajstić information content (AvgIpc) is 0.811. The van der Waals surface area contributed by atoms with E-state index in [-0.39, 0.29) is 59.1 Å². The third-order valence-electron chi connectivity index (χ3n) is 0. The van der Waals surface area contributed by atoms with Crippen molar-refractivity contribution in [2.24, 2.45) is 0 Å². The van der Waals surface area contributed by atoms with Crippen molar-refractivity contribution in [3.8, 4) is 0 Å². The normalized spacial score (nSPS) is 4.17. The van der Waals surface area contributed by atoms with Gasteiger partial charge in [-0.15, -0.1) is 5.87 Å². The molecule has 0 atom stereocenters. The molecule has 0 aliphatic rings. The van der Waals surface area contributed by atoms with Gasteiger partial charge in [0.1, 0.15) is 0 Å². The van der Waals surface area contributed by atoms with Gasteiger partial charge in [-0.3, -0.25) is 0 Å². The summed E-state index contributed by atoms with van der Waals surface area (Å²) in [5.41, 5.74) is 0. The van der Waals surface area contributed by atoms with Crippen molar-refractivity contribution >= 4 is 13.7 Å². The monoisotopic (exact) mass is 104 g/mol.